The third kappa shape index (κ3) is 10.1. The van der Waals surface area contributed by atoms with Gasteiger partial charge in [0.05, 0.1) is 37.5 Å². The van der Waals surface area contributed by atoms with Crippen LogP contribution in [0.1, 0.15) is 78.9 Å². The van der Waals surface area contributed by atoms with Crippen LogP contribution in [0.25, 0.3) is 0 Å². The Kier molecular flexibility index (Phi) is 15.1. The lowest BCUT2D eigenvalue weighted by atomic mass is 9.55. The zero-order chi connectivity index (χ0) is 43.5. The first kappa shape index (κ1) is 44.6. The standard InChI is InChI=1S/C51H61N3O8/c1-5-27-60-51-47(54(3)48(57)29-37-18-14-21-40(28-37)58-4)32-45(53-61-33-36-16-7-6-8-17-36)43-30-38(19-9-11-25-55)42(22-10-12-26-56)49(50(43)51)44-31-41(23-24-46(44)62-51)59-34-39-20-13-15-35(2)52-39/h5-8,13-18,20-21,23-24,28,30-31,38,42,47,49-50,55-56H,1,9-12,19,22,25-27,29,32-34H2,2-4H3/t38-,42+,47-,49+,50+,51+/m0/s1. The van der Waals surface area contributed by atoms with Gasteiger partial charge in [-0.15, -0.1) is 6.58 Å². The number of oxime groups is 1. The molecule has 0 unspecified atom stereocenters. The van der Waals surface area contributed by atoms with E-state index in [1.165, 1.54) is 0 Å². The lowest BCUT2D eigenvalue weighted by Crippen LogP contribution is -2.69. The minimum absolute atomic E-state index is 0.0834. The van der Waals surface area contributed by atoms with Gasteiger partial charge in [0.1, 0.15) is 36.5 Å². The molecular formula is C51H61N3O8. The zero-order valence-corrected chi connectivity index (χ0v) is 36.3. The molecule has 7 rings (SSSR count). The van der Waals surface area contributed by atoms with E-state index < -0.39 is 17.7 Å². The summed E-state index contributed by atoms with van der Waals surface area (Å²) in [5, 5.41) is 24.8. The number of aliphatic hydroxyl groups is 2. The number of methoxy groups -OCH3 is 1. The minimum atomic E-state index is -1.35. The number of benzene rings is 3. The molecule has 1 aliphatic heterocycles. The highest BCUT2D eigenvalue weighted by Crippen LogP contribution is 2.62. The van der Waals surface area contributed by atoms with Gasteiger partial charge in [0.15, 0.2) is 0 Å². The molecule has 4 aromatic rings. The lowest BCUT2D eigenvalue weighted by molar-refractivity contribution is -0.255. The highest BCUT2D eigenvalue weighted by molar-refractivity contribution is 6.03. The van der Waals surface area contributed by atoms with Crippen molar-refractivity contribution < 1.29 is 38.8 Å². The summed E-state index contributed by atoms with van der Waals surface area (Å²) in [7, 11) is 3.44. The van der Waals surface area contributed by atoms with Gasteiger partial charge in [0.2, 0.25) is 11.7 Å². The quantitative estimate of drug-likeness (QED) is 0.0482. The second-order valence-corrected chi connectivity index (χ2v) is 16.6. The number of rotatable bonds is 21. The van der Waals surface area contributed by atoms with Crippen LogP contribution in [0, 0.1) is 24.7 Å². The molecule has 3 aromatic carbocycles. The van der Waals surface area contributed by atoms with Gasteiger partial charge in [-0.2, -0.15) is 0 Å². The van der Waals surface area contributed by atoms with E-state index in [1.54, 1.807) is 18.1 Å². The maximum absolute atomic E-state index is 14.6. The van der Waals surface area contributed by atoms with Gasteiger partial charge in [-0.1, -0.05) is 78.7 Å². The van der Waals surface area contributed by atoms with Crippen molar-refractivity contribution in [3.05, 3.63) is 143 Å². The molecular weight excluding hydrogens is 783 g/mol. The first-order valence-electron chi connectivity index (χ1n) is 22.0. The third-order valence-electron chi connectivity index (χ3n) is 12.6. The number of aromatic nitrogens is 1. The van der Waals surface area contributed by atoms with E-state index in [0.29, 0.717) is 43.1 Å². The van der Waals surface area contributed by atoms with Crippen LogP contribution < -0.4 is 14.2 Å². The van der Waals surface area contributed by atoms with Crippen molar-refractivity contribution in [2.45, 2.75) is 89.3 Å². The Labute approximate surface area is 366 Å². The molecule has 2 aliphatic carbocycles. The number of hydrogen-bond acceptors (Lipinski definition) is 10. The van der Waals surface area contributed by atoms with Crippen LogP contribution in [0.15, 0.2) is 120 Å². The number of nitrogens with zero attached hydrogens (tertiary/aromatic N) is 3. The van der Waals surface area contributed by atoms with Crippen LogP contribution in [-0.4, -0.2) is 77.5 Å². The van der Waals surface area contributed by atoms with Crippen LogP contribution in [0.4, 0.5) is 0 Å². The van der Waals surface area contributed by atoms with Crippen molar-refractivity contribution in [3.63, 3.8) is 0 Å². The molecule has 0 spiro atoms. The molecule has 3 aliphatic rings. The largest absolute Gasteiger partial charge is 0.497 e. The number of pyridine rings is 1. The fraction of sp³-hybridized carbons (Fsp3) is 0.431. The first-order chi connectivity index (χ1) is 30.3. The number of allylic oxidation sites excluding steroid dienone is 1. The van der Waals surface area contributed by atoms with Gasteiger partial charge in [-0.05, 0) is 104 Å². The Morgan fingerprint density at radius 1 is 0.935 bits per heavy atom. The number of unbranched alkanes of at least 4 members (excludes halogenated alkanes) is 2. The van der Waals surface area contributed by atoms with E-state index in [9.17, 15) is 15.0 Å². The minimum Gasteiger partial charge on any atom is -0.497 e. The first-order valence-corrected chi connectivity index (χ1v) is 22.0. The molecule has 2 heterocycles. The van der Waals surface area contributed by atoms with Crippen molar-refractivity contribution in [3.8, 4) is 17.2 Å². The fourth-order valence-electron chi connectivity index (χ4n) is 9.67. The molecule has 0 bridgehead atoms. The number of fused-ring (bicyclic) bond motifs is 2. The normalized spacial score (nSPS) is 23.0. The predicted octanol–water partition coefficient (Wildman–Crippen LogP) is 8.51. The highest BCUT2D eigenvalue weighted by Gasteiger charge is 2.65. The van der Waals surface area contributed by atoms with E-state index >= 15 is 0 Å². The summed E-state index contributed by atoms with van der Waals surface area (Å²) in [6.07, 6.45) is 9.23. The summed E-state index contributed by atoms with van der Waals surface area (Å²) in [5.41, 5.74) is 6.28. The molecule has 62 heavy (non-hydrogen) atoms. The van der Waals surface area contributed by atoms with Crippen LogP contribution >= 0.6 is 0 Å². The topological polar surface area (TPSA) is 132 Å². The number of aryl methyl sites for hydroxylation is 1. The Hall–Kier alpha value is -5.49. The van der Waals surface area contributed by atoms with Gasteiger partial charge in [0, 0.05) is 43.9 Å². The number of amides is 1. The molecule has 1 aromatic heterocycles. The maximum Gasteiger partial charge on any atom is 0.239 e. The van der Waals surface area contributed by atoms with Crippen molar-refractivity contribution in [2.24, 2.45) is 22.9 Å². The summed E-state index contributed by atoms with van der Waals surface area (Å²) in [4.78, 5) is 27.2. The second kappa shape index (κ2) is 21.1. The molecule has 6 atom stereocenters. The SMILES string of the molecule is C=CCO[C@@]12Oc3ccc(OCc4cccc(C)n4)cc3[C@H]3[C@H](CCCCO)[C@@H](CCCCO)C=C(C(=NOCc4ccccc4)C[C@@H]1N(C)C(=O)Cc1cccc(OC)c1)[C@H]32. The molecule has 1 fully saturated rings. The molecule has 328 valence electrons. The Morgan fingerprint density at radius 3 is 2.47 bits per heavy atom. The summed E-state index contributed by atoms with van der Waals surface area (Å²) < 4.78 is 26.3. The van der Waals surface area contributed by atoms with Gasteiger partial charge >= 0.3 is 0 Å². The maximum atomic E-state index is 14.6. The summed E-state index contributed by atoms with van der Waals surface area (Å²) in [6, 6.07) is 28.8. The number of ether oxygens (including phenoxy) is 4. The molecule has 0 saturated heterocycles. The summed E-state index contributed by atoms with van der Waals surface area (Å²) in [6.45, 7) is 6.98. The predicted molar refractivity (Wildman–Crippen MR) is 239 cm³/mol. The fourth-order valence-corrected chi connectivity index (χ4v) is 9.67. The van der Waals surface area contributed by atoms with E-state index in [2.05, 4.69) is 23.7 Å². The molecule has 11 nitrogen and oxygen atoms in total. The molecule has 1 saturated carbocycles. The Bertz CT molecular complexity index is 2190. The lowest BCUT2D eigenvalue weighted by Gasteiger charge is -2.59. The van der Waals surface area contributed by atoms with Gasteiger partial charge in [-0.3, -0.25) is 9.78 Å². The van der Waals surface area contributed by atoms with Crippen molar-refractivity contribution in [2.75, 3.05) is 34.0 Å². The average molecular weight is 844 g/mol. The van der Waals surface area contributed by atoms with Crippen molar-refractivity contribution in [1.82, 2.24) is 9.88 Å². The zero-order valence-electron chi connectivity index (χ0n) is 36.3. The van der Waals surface area contributed by atoms with E-state index in [1.807, 2.05) is 98.9 Å². The Morgan fingerprint density at radius 2 is 1.71 bits per heavy atom. The van der Waals surface area contributed by atoms with Crippen LogP contribution in [0.2, 0.25) is 0 Å². The van der Waals surface area contributed by atoms with Gasteiger partial charge in [-0.25, -0.2) is 0 Å². The number of likely N-dealkylation sites (N-methyl/N-ethyl adjacent to an activating group) is 1. The van der Waals surface area contributed by atoms with E-state index in [0.717, 1.165) is 65.0 Å². The Balaban J connectivity index is 1.38. The van der Waals surface area contributed by atoms with E-state index in [4.69, 9.17) is 28.9 Å². The second-order valence-electron chi connectivity index (χ2n) is 16.6. The van der Waals surface area contributed by atoms with Crippen molar-refractivity contribution in [1.29, 1.82) is 0 Å². The summed E-state index contributed by atoms with van der Waals surface area (Å²) >= 11 is 0. The number of hydrogen-bond donors (Lipinski definition) is 2. The molecule has 2 N–H and O–H groups in total. The van der Waals surface area contributed by atoms with Crippen molar-refractivity contribution >= 4 is 11.6 Å². The molecule has 11 heteroatoms. The number of aliphatic hydroxyl groups excluding tert-OH is 2. The van der Waals surface area contributed by atoms with Gasteiger partial charge < -0.3 is 38.9 Å². The smallest absolute Gasteiger partial charge is 0.239 e. The van der Waals surface area contributed by atoms with E-state index in [-0.39, 0.29) is 56.5 Å². The van der Waals surface area contributed by atoms with Crippen LogP contribution in [0.3, 0.4) is 0 Å². The number of carbonyl (C=O) groups excluding carboxylic acids is 1. The summed E-state index contributed by atoms with van der Waals surface area (Å²) in [5.74, 6) is 0.148. The molecule has 1 amide bonds. The average Bonchev–Trinajstić information content (AvgIpc) is 3.29. The van der Waals surface area contributed by atoms with Gasteiger partial charge in [0.25, 0.3) is 0 Å². The number of carbonyl (C=O) groups is 1. The molecule has 0 radical (unpaired) electrons. The van der Waals surface area contributed by atoms with Crippen LogP contribution in [0.5, 0.6) is 17.2 Å². The third-order valence-corrected chi connectivity index (χ3v) is 12.6. The monoisotopic (exact) mass is 843 g/mol. The highest BCUT2D eigenvalue weighted by atomic mass is 16.7. The van der Waals surface area contributed by atoms with Crippen LogP contribution in [-0.2, 0) is 34.0 Å².